The molecule has 0 amide bonds. The number of aromatic nitrogens is 1. The molecule has 2 heterocycles. The van der Waals surface area contributed by atoms with Crippen LogP contribution in [0.2, 0.25) is 0 Å². The summed E-state index contributed by atoms with van der Waals surface area (Å²) in [5.41, 5.74) is 10.9. The molecule has 0 spiro atoms. The highest BCUT2D eigenvalue weighted by Crippen LogP contribution is 2.43. The van der Waals surface area contributed by atoms with E-state index in [1.165, 1.54) is 80.9 Å². The highest BCUT2D eigenvalue weighted by molar-refractivity contribution is 7.20. The first kappa shape index (κ1) is 29.7. The molecule has 0 N–H and O–H groups in total. The van der Waals surface area contributed by atoms with Gasteiger partial charge in [0, 0.05) is 31.4 Å². The van der Waals surface area contributed by atoms with E-state index in [1.807, 2.05) is 17.4 Å². The summed E-state index contributed by atoms with van der Waals surface area (Å²) in [5.74, 6) is 0. The maximum atomic E-state index is 4.10. The molecular formula is C46H35NS. The molecule has 6 aromatic carbocycles. The minimum absolute atomic E-state index is 1.14. The Kier molecular flexibility index (Phi) is 7.72. The zero-order chi connectivity index (χ0) is 32.6. The van der Waals surface area contributed by atoms with Gasteiger partial charge in [-0.1, -0.05) is 140 Å². The first-order chi connectivity index (χ1) is 23.7. The van der Waals surface area contributed by atoms with Gasteiger partial charge in [-0.2, -0.15) is 0 Å². The second-order valence-corrected chi connectivity index (χ2v) is 13.1. The Hall–Kier alpha value is -5.70. The smallest absolute Gasteiger partial charge is 0.0553 e. The maximum Gasteiger partial charge on any atom is 0.0553 e. The van der Waals surface area contributed by atoms with Gasteiger partial charge in [0.05, 0.1) is 11.0 Å². The van der Waals surface area contributed by atoms with Gasteiger partial charge in [0.25, 0.3) is 0 Å². The van der Waals surface area contributed by atoms with E-state index in [1.54, 1.807) is 0 Å². The van der Waals surface area contributed by atoms with Crippen molar-refractivity contribution in [3.05, 3.63) is 168 Å². The number of rotatable bonds is 7. The standard InChI is InChI=1S/C46H35NS/c1-4-7-9-19-34-29-35(31-16-10-8-11-17-31)30-42-44(34)45-37-20-13-12-18-32(37)25-28-41(45)47(42)36-26-23-33(24-27-36)38-21-14-22-40-39(15-5-2)43(6-3)48-46(38)40/h4-30H,3H2,1-2H3/b7-4-,15-5-,19-9-. The number of hydrogen-bond donors (Lipinski definition) is 0. The van der Waals surface area contributed by atoms with Crippen LogP contribution < -0.4 is 0 Å². The van der Waals surface area contributed by atoms with Crippen molar-refractivity contribution in [1.29, 1.82) is 0 Å². The lowest BCUT2D eigenvalue weighted by atomic mass is 9.96. The van der Waals surface area contributed by atoms with Crippen LogP contribution in [0.1, 0.15) is 29.9 Å². The van der Waals surface area contributed by atoms with E-state index >= 15 is 0 Å². The molecule has 2 heteroatoms. The molecule has 0 atom stereocenters. The van der Waals surface area contributed by atoms with Gasteiger partial charge in [0.15, 0.2) is 0 Å². The normalized spacial score (nSPS) is 12.2. The van der Waals surface area contributed by atoms with Gasteiger partial charge in [-0.25, -0.2) is 0 Å². The zero-order valence-electron chi connectivity index (χ0n) is 27.2. The molecule has 0 aliphatic rings. The molecule has 0 unspecified atom stereocenters. The third kappa shape index (κ3) is 4.94. The van der Waals surface area contributed by atoms with Gasteiger partial charge in [0.1, 0.15) is 0 Å². The predicted octanol–water partition coefficient (Wildman–Crippen LogP) is 13.8. The van der Waals surface area contributed by atoms with E-state index in [2.05, 4.69) is 183 Å². The first-order valence-corrected chi connectivity index (χ1v) is 17.3. The lowest BCUT2D eigenvalue weighted by Crippen LogP contribution is -1.94. The monoisotopic (exact) mass is 633 g/mol. The van der Waals surface area contributed by atoms with Crippen LogP contribution in [0.25, 0.3) is 88.8 Å². The Morgan fingerprint density at radius 2 is 1.40 bits per heavy atom. The first-order valence-electron chi connectivity index (χ1n) is 16.5. The molecule has 230 valence electrons. The summed E-state index contributed by atoms with van der Waals surface area (Å²) in [6, 6.07) is 44.5. The number of hydrogen-bond acceptors (Lipinski definition) is 1. The lowest BCUT2D eigenvalue weighted by Gasteiger charge is -2.12. The summed E-state index contributed by atoms with van der Waals surface area (Å²) in [5, 5.41) is 6.33. The van der Waals surface area contributed by atoms with E-state index in [0.717, 1.165) is 5.69 Å². The number of allylic oxidation sites excluding steroid dienone is 4. The lowest BCUT2D eigenvalue weighted by molar-refractivity contribution is 1.18. The number of thiophene rings is 1. The quantitative estimate of drug-likeness (QED) is 0.154. The number of benzene rings is 6. The topological polar surface area (TPSA) is 4.93 Å². The van der Waals surface area contributed by atoms with Gasteiger partial charge in [-0.15, -0.1) is 11.3 Å². The maximum absolute atomic E-state index is 4.10. The van der Waals surface area contributed by atoms with Crippen molar-refractivity contribution < 1.29 is 0 Å². The van der Waals surface area contributed by atoms with Crippen molar-refractivity contribution in [2.24, 2.45) is 0 Å². The van der Waals surface area contributed by atoms with E-state index in [4.69, 9.17) is 0 Å². The molecule has 0 saturated heterocycles. The fourth-order valence-electron chi connectivity index (χ4n) is 7.08. The summed E-state index contributed by atoms with van der Waals surface area (Å²) in [6.45, 7) is 8.23. The molecule has 8 rings (SSSR count). The fourth-order valence-corrected chi connectivity index (χ4v) is 8.25. The van der Waals surface area contributed by atoms with Crippen molar-refractivity contribution in [1.82, 2.24) is 4.57 Å². The van der Waals surface area contributed by atoms with Crippen molar-refractivity contribution in [2.45, 2.75) is 13.8 Å². The van der Waals surface area contributed by atoms with Crippen molar-refractivity contribution >= 4 is 72.2 Å². The van der Waals surface area contributed by atoms with Gasteiger partial charge >= 0.3 is 0 Å². The van der Waals surface area contributed by atoms with Gasteiger partial charge in [-0.05, 0) is 88.3 Å². The zero-order valence-corrected chi connectivity index (χ0v) is 28.0. The molecule has 0 aliphatic heterocycles. The van der Waals surface area contributed by atoms with Crippen molar-refractivity contribution in [3.8, 4) is 27.9 Å². The largest absolute Gasteiger partial charge is 0.309 e. The predicted molar refractivity (Wildman–Crippen MR) is 213 cm³/mol. The van der Waals surface area contributed by atoms with Crippen molar-refractivity contribution in [3.63, 3.8) is 0 Å². The molecule has 1 nitrogen and oxygen atoms in total. The highest BCUT2D eigenvalue weighted by Gasteiger charge is 2.19. The van der Waals surface area contributed by atoms with Crippen LogP contribution in [-0.2, 0) is 0 Å². The summed E-state index contributed by atoms with van der Waals surface area (Å²) in [4.78, 5) is 1.21. The molecule has 0 saturated carbocycles. The second kappa shape index (κ2) is 12.5. The van der Waals surface area contributed by atoms with E-state index in [9.17, 15) is 0 Å². The van der Waals surface area contributed by atoms with Crippen LogP contribution in [0.3, 0.4) is 0 Å². The van der Waals surface area contributed by atoms with Gasteiger partial charge in [0.2, 0.25) is 0 Å². The molecule has 0 bridgehead atoms. The molecule has 48 heavy (non-hydrogen) atoms. The Morgan fingerprint density at radius 1 is 0.604 bits per heavy atom. The molecule has 2 aromatic heterocycles. The highest BCUT2D eigenvalue weighted by atomic mass is 32.1. The van der Waals surface area contributed by atoms with E-state index in [-0.39, 0.29) is 0 Å². The minimum atomic E-state index is 1.14. The Bertz CT molecular complexity index is 2570. The number of nitrogens with zero attached hydrogens (tertiary/aromatic N) is 1. The van der Waals surface area contributed by atoms with E-state index < -0.39 is 0 Å². The van der Waals surface area contributed by atoms with Crippen LogP contribution in [0.4, 0.5) is 0 Å². The minimum Gasteiger partial charge on any atom is -0.309 e. The van der Waals surface area contributed by atoms with Gasteiger partial charge < -0.3 is 4.57 Å². The van der Waals surface area contributed by atoms with Gasteiger partial charge in [-0.3, -0.25) is 0 Å². The molecule has 8 aromatic rings. The molecular weight excluding hydrogens is 599 g/mol. The average molecular weight is 634 g/mol. The summed E-state index contributed by atoms with van der Waals surface area (Å²) < 4.78 is 3.74. The fraction of sp³-hybridized carbons (Fsp3) is 0.0435. The number of fused-ring (bicyclic) bond motifs is 6. The third-order valence-electron chi connectivity index (χ3n) is 9.21. The Morgan fingerprint density at radius 3 is 2.19 bits per heavy atom. The van der Waals surface area contributed by atoms with Crippen LogP contribution in [0.5, 0.6) is 0 Å². The van der Waals surface area contributed by atoms with Crippen LogP contribution in [0.15, 0.2) is 152 Å². The van der Waals surface area contributed by atoms with Crippen LogP contribution in [0, 0.1) is 0 Å². The summed E-state index contributed by atoms with van der Waals surface area (Å²) in [7, 11) is 0. The second-order valence-electron chi connectivity index (χ2n) is 12.0. The summed E-state index contributed by atoms with van der Waals surface area (Å²) >= 11 is 1.82. The molecule has 0 fully saturated rings. The SMILES string of the molecule is C=Cc1sc2c(-c3ccc(-n4c5cc(-c6ccccc6)cc(/C=C\C=C/C)c5c5c6ccccc6ccc54)cc3)cccc2c1/C=C\C. The van der Waals surface area contributed by atoms with Crippen LogP contribution in [-0.4, -0.2) is 4.57 Å². The summed E-state index contributed by atoms with van der Waals surface area (Å²) in [6.07, 6.45) is 14.9. The van der Waals surface area contributed by atoms with Crippen LogP contribution >= 0.6 is 11.3 Å². The van der Waals surface area contributed by atoms with E-state index in [0.29, 0.717) is 0 Å². The molecule has 0 radical (unpaired) electrons. The average Bonchev–Trinajstić information content (AvgIpc) is 3.68. The Labute approximate surface area is 285 Å². The van der Waals surface area contributed by atoms with Crippen molar-refractivity contribution in [2.75, 3.05) is 0 Å². The third-order valence-corrected chi connectivity index (χ3v) is 10.5. The molecule has 0 aliphatic carbocycles. The Balaban J connectivity index is 1.40.